The average Bonchev–Trinajstić information content (AvgIpc) is 2.69. The Labute approximate surface area is 178 Å². The number of aromatic nitrogens is 2. The van der Waals surface area contributed by atoms with E-state index in [-0.39, 0.29) is 12.2 Å². The van der Waals surface area contributed by atoms with E-state index in [1.807, 2.05) is 26.0 Å². The molecule has 7 nitrogen and oxygen atoms in total. The van der Waals surface area contributed by atoms with Crippen LogP contribution in [0.4, 0.5) is 13.2 Å². The first-order chi connectivity index (χ1) is 14.3. The number of rotatable bonds is 5. The van der Waals surface area contributed by atoms with Crippen LogP contribution in [0.2, 0.25) is 0 Å². The molecule has 0 saturated heterocycles. The van der Waals surface area contributed by atoms with E-state index in [1.54, 1.807) is 6.07 Å². The highest BCUT2D eigenvalue weighted by atomic mass is 32.2. The number of carbonyl (C=O) groups excluding carboxylic acids is 1. The van der Waals surface area contributed by atoms with Crippen LogP contribution in [0.15, 0.2) is 35.0 Å². The number of benzene rings is 1. The maximum Gasteiger partial charge on any atom is 0.423 e. The Kier molecular flexibility index (Phi) is 6.23. The molecule has 0 radical (unpaired) electrons. The molecule has 1 aliphatic rings. The summed E-state index contributed by atoms with van der Waals surface area (Å²) in [6, 6.07) is 4.65. The number of aliphatic hydroxyl groups is 1. The Morgan fingerprint density at radius 3 is 2.48 bits per heavy atom. The van der Waals surface area contributed by atoms with Gasteiger partial charge < -0.3 is 10.8 Å². The van der Waals surface area contributed by atoms with Crippen molar-refractivity contribution >= 4 is 15.6 Å². The van der Waals surface area contributed by atoms with Gasteiger partial charge in [0, 0.05) is 23.5 Å². The lowest BCUT2D eigenvalue weighted by atomic mass is 9.95. The Morgan fingerprint density at radius 1 is 1.23 bits per heavy atom. The van der Waals surface area contributed by atoms with Gasteiger partial charge in [0.2, 0.25) is 5.60 Å². The first-order valence-corrected chi connectivity index (χ1v) is 11.4. The molecular weight excluding hydrogens is 433 g/mol. The molecule has 3 rings (SSSR count). The molecule has 1 aromatic heterocycles. The van der Waals surface area contributed by atoms with Gasteiger partial charge in [0.05, 0.1) is 39.6 Å². The predicted molar refractivity (Wildman–Crippen MR) is 109 cm³/mol. The van der Waals surface area contributed by atoms with E-state index < -0.39 is 51.3 Å². The van der Waals surface area contributed by atoms with E-state index in [4.69, 9.17) is 5.73 Å². The first kappa shape index (κ1) is 23.3. The number of nitrogens with zero attached hydrogens (tertiary/aromatic N) is 3. The van der Waals surface area contributed by atoms with Gasteiger partial charge in [-0.1, -0.05) is 23.8 Å². The van der Waals surface area contributed by atoms with Gasteiger partial charge >= 0.3 is 6.18 Å². The Hall–Kier alpha value is -2.37. The van der Waals surface area contributed by atoms with E-state index in [1.165, 1.54) is 0 Å². The standard InChI is InChI=1S/C20H23F3N4O3S/c1-12-3-4-14(13(2)9-12)16-10-26-17(11-25-16)19(29,20(21,22)23)6-8-31(30)7-5-15(24)18(28)27-31/h3-4,9-11,15,29H,5-8,24H2,1-2H3. The minimum atomic E-state index is -5.10. The molecule has 1 aliphatic heterocycles. The molecule has 0 fully saturated rings. The summed E-state index contributed by atoms with van der Waals surface area (Å²) in [6.07, 6.45) is -3.98. The molecule has 11 heteroatoms. The molecule has 0 aliphatic carbocycles. The molecule has 3 atom stereocenters. The van der Waals surface area contributed by atoms with Crippen molar-refractivity contribution in [3.8, 4) is 11.3 Å². The highest BCUT2D eigenvalue weighted by Gasteiger charge is 2.56. The lowest BCUT2D eigenvalue weighted by Crippen LogP contribution is -2.45. The van der Waals surface area contributed by atoms with Crippen molar-refractivity contribution in [3.05, 3.63) is 47.4 Å². The minimum absolute atomic E-state index is 0.0655. The summed E-state index contributed by atoms with van der Waals surface area (Å²) >= 11 is 0. The number of amides is 1. The fraction of sp³-hybridized carbons (Fsp3) is 0.450. The molecule has 168 valence electrons. The van der Waals surface area contributed by atoms with Crippen LogP contribution in [0.1, 0.15) is 29.7 Å². The van der Waals surface area contributed by atoms with Crippen molar-refractivity contribution < 1.29 is 27.3 Å². The van der Waals surface area contributed by atoms with Crippen LogP contribution in [0.3, 0.4) is 0 Å². The number of hydrogen-bond acceptors (Lipinski definition) is 6. The van der Waals surface area contributed by atoms with Crippen LogP contribution in [0.25, 0.3) is 11.3 Å². The molecule has 0 spiro atoms. The molecule has 0 bridgehead atoms. The molecule has 0 saturated carbocycles. The number of halogens is 3. The second-order valence-corrected chi connectivity index (χ2v) is 10.3. The molecule has 31 heavy (non-hydrogen) atoms. The van der Waals surface area contributed by atoms with Gasteiger partial charge in [0.1, 0.15) is 0 Å². The summed E-state index contributed by atoms with van der Waals surface area (Å²) in [5.41, 5.74) is 4.38. The predicted octanol–water partition coefficient (Wildman–Crippen LogP) is 2.63. The van der Waals surface area contributed by atoms with Crippen molar-refractivity contribution in [3.63, 3.8) is 0 Å². The number of aryl methyl sites for hydroxylation is 2. The monoisotopic (exact) mass is 456 g/mol. The van der Waals surface area contributed by atoms with Crippen LogP contribution < -0.4 is 5.73 Å². The molecule has 3 N–H and O–H groups in total. The van der Waals surface area contributed by atoms with E-state index in [2.05, 4.69) is 14.3 Å². The van der Waals surface area contributed by atoms with Crippen LogP contribution in [0, 0.1) is 13.8 Å². The zero-order valence-corrected chi connectivity index (χ0v) is 17.8. The van der Waals surface area contributed by atoms with Gasteiger partial charge in [-0.25, -0.2) is 4.21 Å². The van der Waals surface area contributed by atoms with Crippen LogP contribution in [-0.4, -0.2) is 48.9 Å². The van der Waals surface area contributed by atoms with E-state index in [0.717, 1.165) is 23.5 Å². The van der Waals surface area contributed by atoms with Crippen molar-refractivity contribution in [1.82, 2.24) is 9.97 Å². The quantitative estimate of drug-likeness (QED) is 0.714. The molecule has 2 heterocycles. The summed E-state index contributed by atoms with van der Waals surface area (Å²) in [5.74, 6) is -1.53. The van der Waals surface area contributed by atoms with Gasteiger partial charge in [0.25, 0.3) is 5.91 Å². The number of carbonyl (C=O) groups is 1. The summed E-state index contributed by atoms with van der Waals surface area (Å²) in [4.78, 5) is 19.5. The van der Waals surface area contributed by atoms with E-state index in [9.17, 15) is 27.3 Å². The van der Waals surface area contributed by atoms with Crippen molar-refractivity contribution in [2.45, 2.75) is 44.5 Å². The Morgan fingerprint density at radius 2 is 1.94 bits per heavy atom. The van der Waals surface area contributed by atoms with Crippen LogP contribution in [0.5, 0.6) is 0 Å². The first-order valence-electron chi connectivity index (χ1n) is 9.56. The van der Waals surface area contributed by atoms with Gasteiger partial charge in [-0.2, -0.15) is 17.5 Å². The second kappa shape index (κ2) is 8.29. The molecule has 1 aromatic carbocycles. The maximum absolute atomic E-state index is 13.8. The summed E-state index contributed by atoms with van der Waals surface area (Å²) in [7, 11) is -3.25. The molecule has 1 amide bonds. The maximum atomic E-state index is 13.8. The Balaban J connectivity index is 1.91. The highest BCUT2D eigenvalue weighted by Crippen LogP contribution is 2.41. The lowest BCUT2D eigenvalue weighted by molar-refractivity contribution is -0.269. The zero-order valence-electron chi connectivity index (χ0n) is 17.0. The lowest BCUT2D eigenvalue weighted by Gasteiger charge is -2.30. The zero-order chi connectivity index (χ0) is 23.0. The third-order valence-corrected chi connectivity index (χ3v) is 7.53. The summed E-state index contributed by atoms with van der Waals surface area (Å²) in [5, 5.41) is 10.5. The number of hydrogen-bond donors (Lipinski definition) is 2. The fourth-order valence-corrected chi connectivity index (χ4v) is 5.45. The molecule has 3 unspecified atom stereocenters. The molecular formula is C20H23F3N4O3S. The van der Waals surface area contributed by atoms with Crippen LogP contribution >= 0.6 is 0 Å². The van der Waals surface area contributed by atoms with Crippen molar-refractivity contribution in [2.75, 3.05) is 11.5 Å². The topological polar surface area (TPSA) is 119 Å². The normalized spacial score (nSPS) is 23.8. The minimum Gasteiger partial charge on any atom is -0.375 e. The van der Waals surface area contributed by atoms with E-state index in [0.29, 0.717) is 11.3 Å². The van der Waals surface area contributed by atoms with Gasteiger partial charge in [-0.15, -0.1) is 0 Å². The van der Waals surface area contributed by atoms with Crippen molar-refractivity contribution in [1.29, 1.82) is 0 Å². The van der Waals surface area contributed by atoms with Crippen LogP contribution in [-0.2, 0) is 20.1 Å². The third kappa shape index (κ3) is 4.78. The fourth-order valence-electron chi connectivity index (χ4n) is 3.36. The van der Waals surface area contributed by atoms with E-state index >= 15 is 0 Å². The summed E-state index contributed by atoms with van der Waals surface area (Å²) in [6.45, 7) is 3.76. The summed E-state index contributed by atoms with van der Waals surface area (Å²) < 4.78 is 57.6. The highest BCUT2D eigenvalue weighted by molar-refractivity contribution is 7.93. The van der Waals surface area contributed by atoms with Gasteiger partial charge in [-0.05, 0) is 25.8 Å². The smallest absolute Gasteiger partial charge is 0.375 e. The Bertz CT molecular complexity index is 1110. The average molecular weight is 456 g/mol. The van der Waals surface area contributed by atoms with Gasteiger partial charge in [-0.3, -0.25) is 14.8 Å². The second-order valence-electron chi connectivity index (χ2n) is 7.72. The number of alkyl halides is 3. The molecule has 2 aromatic rings. The van der Waals surface area contributed by atoms with Crippen molar-refractivity contribution in [2.24, 2.45) is 10.1 Å². The van der Waals surface area contributed by atoms with Gasteiger partial charge in [0.15, 0.2) is 0 Å². The number of nitrogens with two attached hydrogens (primary N) is 1. The SMILES string of the molecule is Cc1ccc(-c2cnc(C(O)(CCS3(=O)=NC(=O)C(N)CC3)C(F)(F)F)cn2)c(C)c1. The third-order valence-electron chi connectivity index (χ3n) is 5.31. The largest absolute Gasteiger partial charge is 0.423 e.